The van der Waals surface area contributed by atoms with Gasteiger partial charge in [0.05, 0.1) is 6.26 Å². The van der Waals surface area contributed by atoms with Gasteiger partial charge in [0.2, 0.25) is 16.0 Å². The number of nitrogens with zero attached hydrogens (tertiary/aromatic N) is 4. The molecule has 0 spiro atoms. The Bertz CT molecular complexity index is 586. The molecule has 0 aromatic carbocycles. The minimum atomic E-state index is -3.18. The highest BCUT2D eigenvalue weighted by atomic mass is 32.2. The number of aromatic nitrogens is 2. The third kappa shape index (κ3) is 4.81. The molecular weight excluding hydrogens is 308 g/mol. The van der Waals surface area contributed by atoms with E-state index in [1.165, 1.54) is 10.6 Å². The summed E-state index contributed by atoms with van der Waals surface area (Å²) < 4.78 is 24.2. The highest BCUT2D eigenvalue weighted by Gasteiger charge is 2.25. The average Bonchev–Trinajstić information content (AvgIpc) is 2.52. The summed E-state index contributed by atoms with van der Waals surface area (Å²) >= 11 is 0. The van der Waals surface area contributed by atoms with Gasteiger partial charge >= 0.3 is 6.03 Å². The summed E-state index contributed by atoms with van der Waals surface area (Å²) in [5.41, 5.74) is 0. The van der Waals surface area contributed by atoms with Crippen LogP contribution in [0.15, 0.2) is 18.5 Å². The van der Waals surface area contributed by atoms with Gasteiger partial charge in [0.15, 0.2) is 0 Å². The van der Waals surface area contributed by atoms with E-state index in [9.17, 15) is 13.2 Å². The van der Waals surface area contributed by atoms with E-state index in [0.29, 0.717) is 45.2 Å². The lowest BCUT2D eigenvalue weighted by atomic mass is 10.4. The van der Waals surface area contributed by atoms with Crippen molar-refractivity contribution in [3.05, 3.63) is 18.5 Å². The van der Waals surface area contributed by atoms with Gasteiger partial charge in [-0.3, -0.25) is 0 Å². The molecule has 10 heteroatoms. The SMILES string of the molecule is CS(=O)(=O)N1CCN(C(=O)NCCNc2ncccn2)CC1. The molecular formula is C12H20N6O3S. The van der Waals surface area contributed by atoms with E-state index in [1.54, 1.807) is 23.4 Å². The first-order valence-corrected chi connectivity index (χ1v) is 8.80. The number of piperazine rings is 1. The zero-order valence-corrected chi connectivity index (χ0v) is 13.2. The molecule has 0 bridgehead atoms. The van der Waals surface area contributed by atoms with E-state index in [4.69, 9.17) is 0 Å². The molecule has 0 atom stereocenters. The summed E-state index contributed by atoms with van der Waals surface area (Å²) in [6.07, 6.45) is 4.45. The number of hydrogen-bond acceptors (Lipinski definition) is 6. The quantitative estimate of drug-likeness (QED) is 0.684. The molecule has 1 fully saturated rings. The molecule has 1 aliphatic rings. The second-order valence-electron chi connectivity index (χ2n) is 4.88. The van der Waals surface area contributed by atoms with Crippen LogP contribution in [0.3, 0.4) is 0 Å². The molecule has 1 aliphatic heterocycles. The van der Waals surface area contributed by atoms with E-state index in [1.807, 2.05) is 0 Å². The molecule has 2 N–H and O–H groups in total. The highest BCUT2D eigenvalue weighted by molar-refractivity contribution is 7.88. The highest BCUT2D eigenvalue weighted by Crippen LogP contribution is 2.05. The zero-order chi connectivity index (χ0) is 16.0. The van der Waals surface area contributed by atoms with Crippen molar-refractivity contribution in [1.29, 1.82) is 0 Å². The number of carbonyl (C=O) groups is 1. The molecule has 0 aliphatic carbocycles. The molecule has 1 aromatic heterocycles. The lowest BCUT2D eigenvalue weighted by Crippen LogP contribution is -2.53. The second kappa shape index (κ2) is 7.36. The van der Waals surface area contributed by atoms with E-state index < -0.39 is 10.0 Å². The number of hydrogen-bond donors (Lipinski definition) is 2. The van der Waals surface area contributed by atoms with Crippen molar-refractivity contribution in [1.82, 2.24) is 24.5 Å². The van der Waals surface area contributed by atoms with Crippen LogP contribution in [0.4, 0.5) is 10.7 Å². The Morgan fingerprint density at radius 3 is 2.41 bits per heavy atom. The zero-order valence-electron chi connectivity index (χ0n) is 12.4. The molecule has 9 nitrogen and oxygen atoms in total. The molecule has 0 saturated carbocycles. The normalized spacial score (nSPS) is 16.3. The van der Waals surface area contributed by atoms with Crippen molar-refractivity contribution in [3.63, 3.8) is 0 Å². The molecule has 0 radical (unpaired) electrons. The summed E-state index contributed by atoms with van der Waals surface area (Å²) in [4.78, 5) is 21.6. The Kier molecular flexibility index (Phi) is 5.50. The average molecular weight is 328 g/mol. The van der Waals surface area contributed by atoms with Crippen LogP contribution in [0.5, 0.6) is 0 Å². The van der Waals surface area contributed by atoms with Gasteiger partial charge in [0, 0.05) is 51.7 Å². The van der Waals surface area contributed by atoms with Crippen LogP contribution in [0.1, 0.15) is 0 Å². The van der Waals surface area contributed by atoms with Gasteiger partial charge in [-0.2, -0.15) is 4.31 Å². The molecule has 2 rings (SSSR count). The van der Waals surface area contributed by atoms with E-state index in [2.05, 4.69) is 20.6 Å². The maximum Gasteiger partial charge on any atom is 0.317 e. The number of nitrogens with one attached hydrogen (secondary N) is 2. The molecule has 2 heterocycles. The summed E-state index contributed by atoms with van der Waals surface area (Å²) in [5.74, 6) is 0.513. The third-order valence-electron chi connectivity index (χ3n) is 3.24. The van der Waals surface area contributed by atoms with Crippen LogP contribution < -0.4 is 10.6 Å². The largest absolute Gasteiger partial charge is 0.352 e. The lowest BCUT2D eigenvalue weighted by Gasteiger charge is -2.33. The molecule has 0 unspecified atom stereocenters. The molecule has 22 heavy (non-hydrogen) atoms. The van der Waals surface area contributed by atoms with Crippen molar-refractivity contribution in [2.45, 2.75) is 0 Å². The Hall–Kier alpha value is -1.94. The van der Waals surface area contributed by atoms with Gasteiger partial charge in [-0.1, -0.05) is 0 Å². The number of anilines is 1. The number of rotatable bonds is 5. The standard InChI is InChI=1S/C12H20N6O3S/c1-22(20,21)18-9-7-17(8-10-18)12(19)16-6-5-15-11-13-3-2-4-14-11/h2-4H,5-10H2,1H3,(H,16,19)(H,13,14,15). The fourth-order valence-corrected chi connectivity index (χ4v) is 2.90. The maximum absolute atomic E-state index is 12.0. The first-order chi connectivity index (χ1) is 10.5. The fourth-order valence-electron chi connectivity index (χ4n) is 2.07. The van der Waals surface area contributed by atoms with Crippen LogP contribution in [-0.4, -0.2) is 79.1 Å². The fraction of sp³-hybridized carbons (Fsp3) is 0.583. The van der Waals surface area contributed by atoms with Gasteiger partial charge in [-0.15, -0.1) is 0 Å². The number of carbonyl (C=O) groups excluding carboxylic acids is 1. The van der Waals surface area contributed by atoms with Gasteiger partial charge < -0.3 is 15.5 Å². The number of sulfonamides is 1. The summed E-state index contributed by atoms with van der Waals surface area (Å²) in [7, 11) is -3.18. The van der Waals surface area contributed by atoms with Crippen molar-refractivity contribution in [2.75, 3.05) is 50.8 Å². The Balaban J connectivity index is 1.66. The first-order valence-electron chi connectivity index (χ1n) is 6.95. The predicted octanol–water partition coefficient (Wildman–Crippen LogP) is -0.825. The van der Waals surface area contributed by atoms with Gasteiger partial charge in [-0.25, -0.2) is 23.2 Å². The molecule has 2 amide bonds. The van der Waals surface area contributed by atoms with Crippen molar-refractivity contribution in [2.24, 2.45) is 0 Å². The first kappa shape index (κ1) is 16.4. The Morgan fingerprint density at radius 1 is 1.18 bits per heavy atom. The molecule has 1 aromatic rings. The van der Waals surface area contributed by atoms with Crippen LogP contribution >= 0.6 is 0 Å². The van der Waals surface area contributed by atoms with E-state index in [0.717, 1.165) is 0 Å². The monoisotopic (exact) mass is 328 g/mol. The summed E-state index contributed by atoms with van der Waals surface area (Å²) in [6.45, 7) is 2.41. The third-order valence-corrected chi connectivity index (χ3v) is 4.55. The molecule has 1 saturated heterocycles. The summed E-state index contributed by atoms with van der Waals surface area (Å²) in [6, 6.07) is 1.53. The summed E-state index contributed by atoms with van der Waals surface area (Å²) in [5, 5.41) is 5.76. The van der Waals surface area contributed by atoms with Crippen LogP contribution in [-0.2, 0) is 10.0 Å². The lowest BCUT2D eigenvalue weighted by molar-refractivity contribution is 0.173. The van der Waals surface area contributed by atoms with Gasteiger partial charge in [0.1, 0.15) is 0 Å². The predicted molar refractivity (Wildman–Crippen MR) is 81.9 cm³/mol. The van der Waals surface area contributed by atoms with E-state index in [-0.39, 0.29) is 6.03 Å². The van der Waals surface area contributed by atoms with Crippen molar-refractivity contribution >= 4 is 22.0 Å². The number of amides is 2. The number of urea groups is 1. The Morgan fingerprint density at radius 2 is 1.82 bits per heavy atom. The van der Waals surface area contributed by atoms with Gasteiger partial charge in [0.25, 0.3) is 0 Å². The van der Waals surface area contributed by atoms with Crippen LogP contribution in [0, 0.1) is 0 Å². The van der Waals surface area contributed by atoms with Crippen LogP contribution in [0.25, 0.3) is 0 Å². The Labute approximate surface area is 129 Å². The second-order valence-corrected chi connectivity index (χ2v) is 6.86. The van der Waals surface area contributed by atoms with Crippen LogP contribution in [0.2, 0.25) is 0 Å². The minimum absolute atomic E-state index is 0.191. The smallest absolute Gasteiger partial charge is 0.317 e. The molecule has 122 valence electrons. The van der Waals surface area contributed by atoms with Gasteiger partial charge in [-0.05, 0) is 6.07 Å². The minimum Gasteiger partial charge on any atom is -0.352 e. The van der Waals surface area contributed by atoms with E-state index >= 15 is 0 Å². The van der Waals surface area contributed by atoms with Crippen molar-refractivity contribution in [3.8, 4) is 0 Å². The topological polar surface area (TPSA) is 108 Å². The maximum atomic E-state index is 12.0. The van der Waals surface area contributed by atoms with Crippen molar-refractivity contribution < 1.29 is 13.2 Å².